The lowest BCUT2D eigenvalue weighted by Gasteiger charge is -2.26. The Kier molecular flexibility index (Phi) is 21.0. The van der Waals surface area contributed by atoms with E-state index >= 15 is 0 Å². The molecule has 18 rings (SSSR count). The van der Waals surface area contributed by atoms with Crippen molar-refractivity contribution in [3.63, 3.8) is 0 Å². The molecule has 0 radical (unpaired) electrons. The van der Waals surface area contributed by atoms with Gasteiger partial charge in [0.2, 0.25) is 0 Å². The maximum Gasteiger partial charge on any atom is 0.117 e. The number of H-pyrrole nitrogens is 4. The number of fused-ring (bicyclic) bond motifs is 16. The van der Waals surface area contributed by atoms with Crippen LogP contribution in [0.5, 0.6) is 0 Å². The van der Waals surface area contributed by atoms with Gasteiger partial charge in [-0.15, -0.1) is 10.2 Å². The van der Waals surface area contributed by atoms with E-state index in [0.717, 1.165) is 150 Å². The van der Waals surface area contributed by atoms with Crippen molar-refractivity contribution in [2.75, 3.05) is 0 Å². The second-order valence-electron chi connectivity index (χ2n) is 43.8. The van der Waals surface area contributed by atoms with Gasteiger partial charge in [0.25, 0.3) is 0 Å². The molecule has 0 amide bonds. The number of benzene rings is 6. The normalized spacial score (nSPS) is 13.4. The minimum atomic E-state index is -0.219. The van der Waals surface area contributed by atoms with Gasteiger partial charge in [0.15, 0.2) is 0 Å². The molecular weight excluding hydrogens is 1570 g/mol. The number of hydrogen-bond acceptors (Lipinski definition) is 8. The molecule has 0 aliphatic carbocycles. The van der Waals surface area contributed by atoms with Gasteiger partial charge in [-0.1, -0.05) is 310 Å². The first kappa shape index (κ1) is 85.6. The van der Waals surface area contributed by atoms with Crippen molar-refractivity contribution in [1.29, 1.82) is 0 Å². The minimum Gasteiger partial charge on any atom is -0.354 e. The number of aromatic nitrogens is 14. The minimum absolute atomic E-state index is 0.184. The predicted molar refractivity (Wildman–Crippen MR) is 537 cm³/mol. The fraction of sp³-hybridized carbons (Fsp3) is 0.298. The highest BCUT2D eigenvalue weighted by Gasteiger charge is 2.32. The number of aromatic amines is 4. The molecule has 0 fully saturated rings. The van der Waals surface area contributed by atoms with E-state index in [9.17, 15) is 0 Å². The van der Waals surface area contributed by atoms with Crippen molar-refractivity contribution in [2.45, 2.75) is 223 Å². The van der Waals surface area contributed by atoms with E-state index in [0.29, 0.717) is 41.6 Å². The zero-order valence-electron chi connectivity index (χ0n) is 79.0. The number of rotatable bonds is 11. The fourth-order valence-electron chi connectivity index (χ4n) is 17.8. The zero-order valence-corrected chi connectivity index (χ0v) is 79.0. The number of hydrogen-bond donors (Lipinski definition) is 4. The maximum absolute atomic E-state index is 6.16. The van der Waals surface area contributed by atoms with Crippen molar-refractivity contribution >= 4 is 92.7 Å². The fourth-order valence-corrected chi connectivity index (χ4v) is 17.8. The largest absolute Gasteiger partial charge is 0.354 e. The van der Waals surface area contributed by atoms with Crippen molar-refractivity contribution in [2.24, 2.45) is 0 Å². The monoisotopic (exact) mass is 1680 g/mol. The summed E-state index contributed by atoms with van der Waals surface area (Å²) in [6.45, 7) is 56.4. The van der Waals surface area contributed by atoms with E-state index in [1.54, 1.807) is 0 Å². The van der Waals surface area contributed by atoms with E-state index in [2.05, 4.69) is 405 Å². The lowest BCUT2D eigenvalue weighted by molar-refractivity contribution is 0.568. The Morgan fingerprint density at radius 3 is 0.617 bits per heavy atom. The molecule has 0 saturated heterocycles. The maximum atomic E-state index is 6.16. The Morgan fingerprint density at radius 1 is 0.219 bits per heavy atom. The summed E-state index contributed by atoms with van der Waals surface area (Å²) >= 11 is 0. The van der Waals surface area contributed by atoms with Crippen molar-refractivity contribution < 1.29 is 0 Å². The molecule has 0 atom stereocenters. The molecule has 16 bridgehead atoms. The molecule has 6 aromatic carbocycles. The molecule has 14 nitrogen and oxygen atoms in total. The second kappa shape index (κ2) is 31.4. The highest BCUT2D eigenvalue weighted by atomic mass is 15.4. The first-order chi connectivity index (χ1) is 60.4. The van der Waals surface area contributed by atoms with E-state index in [1.165, 1.54) is 44.5 Å². The van der Waals surface area contributed by atoms with Crippen molar-refractivity contribution in [3.8, 4) is 78.1 Å². The molecule has 4 N–H and O–H groups in total. The Bertz CT molecular complexity index is 6940. The van der Waals surface area contributed by atoms with Crippen molar-refractivity contribution in [1.82, 2.24) is 69.9 Å². The number of nitrogens with zero attached hydrogens (tertiary/aromatic N) is 10. The van der Waals surface area contributed by atoms with Crippen LogP contribution in [0.15, 0.2) is 194 Å². The third kappa shape index (κ3) is 16.9. The summed E-state index contributed by atoms with van der Waals surface area (Å²) in [5.74, 6) is 0. The SMILES string of the molecule is CC(C)(C)c1cc(-c2c3nc(c(-c4cn(Cc5ccccc5)nn4)c4ccc([nH]4)c(-c4c5nc(c(-c6cn(Cc7ccccc7)nn6)c6ccc([nH]6)c(-c6cc(C(C)(C)C)cc(C(C)(C)C)c6)c6nc(c(-c7cc(C(C)(C)C)cc(C(C)(C)C)c7)c7ccc4[nH]7)C=C6)C=C5)c4nc(c(-c5cc(C(C)(C)C)cc(C(C)(C)C)c5)c5ccc2[nH]5)C=C4)C=C3)cc(C(C)(C)C)c1. The molecule has 0 saturated carbocycles. The third-order valence-corrected chi connectivity index (χ3v) is 25.5. The predicted octanol–water partition coefficient (Wildman–Crippen LogP) is 29.0. The third-order valence-electron chi connectivity index (χ3n) is 25.5. The molecule has 0 unspecified atom stereocenters. The average molecular weight is 1690 g/mol. The van der Waals surface area contributed by atoms with Crippen LogP contribution in [0.1, 0.15) is 267 Å². The zero-order chi connectivity index (χ0) is 90.4. The Morgan fingerprint density at radius 2 is 0.406 bits per heavy atom. The Hall–Kier alpha value is -13.2. The summed E-state index contributed by atoms with van der Waals surface area (Å²) in [6, 6.07) is 67.3. The van der Waals surface area contributed by atoms with Crippen LogP contribution < -0.4 is 0 Å². The summed E-state index contributed by atoms with van der Waals surface area (Å²) in [6.07, 6.45) is 21.6. The lowest BCUT2D eigenvalue weighted by Crippen LogP contribution is -2.16. The first-order valence-electron chi connectivity index (χ1n) is 45.3. The van der Waals surface area contributed by atoms with Gasteiger partial charge in [0.05, 0.1) is 93.2 Å². The summed E-state index contributed by atoms with van der Waals surface area (Å²) in [5, 5.41) is 20.0. The van der Waals surface area contributed by atoms with Gasteiger partial charge in [-0.05, 0) is 218 Å². The molecule has 0 spiro atoms. The first-order valence-corrected chi connectivity index (χ1v) is 45.3. The van der Waals surface area contributed by atoms with Gasteiger partial charge in [-0.25, -0.2) is 29.3 Å². The van der Waals surface area contributed by atoms with Crippen LogP contribution in [0.3, 0.4) is 0 Å². The molecule has 128 heavy (non-hydrogen) atoms. The van der Waals surface area contributed by atoms with Crippen LogP contribution in [0.2, 0.25) is 0 Å². The van der Waals surface area contributed by atoms with E-state index in [1.807, 2.05) is 33.9 Å². The molecule has 646 valence electrons. The van der Waals surface area contributed by atoms with Gasteiger partial charge < -0.3 is 19.9 Å². The smallest absolute Gasteiger partial charge is 0.117 e. The van der Waals surface area contributed by atoms with Gasteiger partial charge >= 0.3 is 0 Å². The number of nitrogens with one attached hydrogen (secondary N) is 4. The van der Waals surface area contributed by atoms with Crippen LogP contribution in [-0.4, -0.2) is 69.9 Å². The Balaban J connectivity index is 1.03. The topological polar surface area (TPSA) is 176 Å². The summed E-state index contributed by atoms with van der Waals surface area (Å²) in [4.78, 5) is 40.8. The molecular formula is C114H120N14. The van der Waals surface area contributed by atoms with Crippen LogP contribution >= 0.6 is 0 Å². The van der Waals surface area contributed by atoms with Crippen LogP contribution in [0.25, 0.3) is 171 Å². The van der Waals surface area contributed by atoms with E-state index in [-0.39, 0.29) is 43.3 Å². The molecule has 12 heterocycles. The molecule has 14 aromatic rings. The van der Waals surface area contributed by atoms with Gasteiger partial charge in [-0.2, -0.15) is 0 Å². The summed E-state index contributed by atoms with van der Waals surface area (Å²) < 4.78 is 3.84. The van der Waals surface area contributed by atoms with Gasteiger partial charge in [0.1, 0.15) is 11.4 Å². The summed E-state index contributed by atoms with van der Waals surface area (Å²) in [5.41, 5.74) is 35.6. The Labute approximate surface area is 754 Å². The van der Waals surface area contributed by atoms with Crippen molar-refractivity contribution in [3.05, 3.63) is 296 Å². The van der Waals surface area contributed by atoms with Crippen LogP contribution in [0, 0.1) is 0 Å². The van der Waals surface area contributed by atoms with Crippen LogP contribution in [-0.2, 0) is 56.4 Å². The quantitative estimate of drug-likeness (QED) is 0.0989. The highest BCUT2D eigenvalue weighted by molar-refractivity contribution is 6.06. The molecule has 4 aliphatic heterocycles. The lowest BCUT2D eigenvalue weighted by atomic mass is 9.78. The molecule has 4 aliphatic rings. The molecule has 8 aromatic heterocycles. The summed E-state index contributed by atoms with van der Waals surface area (Å²) in [7, 11) is 0. The van der Waals surface area contributed by atoms with Gasteiger partial charge in [-0.3, -0.25) is 0 Å². The second-order valence-corrected chi connectivity index (χ2v) is 43.8. The van der Waals surface area contributed by atoms with E-state index < -0.39 is 0 Å². The van der Waals surface area contributed by atoms with Gasteiger partial charge in [0, 0.05) is 66.5 Å². The standard InChI is InChI=1S/C114H120N14/c1-107(2,3)73-51-69(52-74(59-73)108(4,5)6)99-81-35-37-83(115-81)101(71-55-77(111(13,14)15)61-78(56-71)112(16,17)18)87-41-47-93(119-87)105(95-49-45-91(121-95)103(89-43-39-85(99)117-89)97-65-127(125-123-97)63-67-31-27-25-28-32-67)106-94-48-42-88(120-94)102(72-57-79(113(19,20)21)62-80(58-72)114(22,23)24)84-38-36-82(116-84)100(70-53-75(109(7,8)9)60-76(54-70)110(10,11)12)86-40-44-90(118-86)104(92-46-50-96(106)122-92)98-66-128(126-124-98)64-68-33-29-26-30-34-68/h25-62,65-66,115,118,120-121H,63-64H2,1-24H3. The molecule has 14 heteroatoms. The average Bonchev–Trinajstić information content (AvgIpc) is 1.58. The van der Waals surface area contributed by atoms with E-state index in [4.69, 9.17) is 40.6 Å². The van der Waals surface area contributed by atoms with Crippen LogP contribution in [0.4, 0.5) is 0 Å². The highest BCUT2D eigenvalue weighted by Crippen LogP contribution is 2.48.